The number of allylic oxidation sites excluding steroid dienone is 1. The third kappa shape index (κ3) is 3.20. The second-order valence-corrected chi connectivity index (χ2v) is 5.16. The van der Waals surface area contributed by atoms with Crippen LogP contribution in [0.2, 0.25) is 0 Å². The van der Waals surface area contributed by atoms with Gasteiger partial charge in [0.05, 0.1) is 5.69 Å². The lowest BCUT2D eigenvalue weighted by atomic mass is 10.0. The average Bonchev–Trinajstić information content (AvgIpc) is 2.42. The van der Waals surface area contributed by atoms with Gasteiger partial charge in [-0.2, -0.15) is 5.10 Å². The lowest BCUT2D eigenvalue weighted by Crippen LogP contribution is -2.49. The summed E-state index contributed by atoms with van der Waals surface area (Å²) in [6.45, 7) is 7.70. The number of carbonyl (C=O) groups excluding carboxylic acids is 2. The van der Waals surface area contributed by atoms with E-state index in [1.54, 1.807) is 12.1 Å². The number of carbonyl (C=O) groups is 2. The zero-order valence-corrected chi connectivity index (χ0v) is 11.6. The second kappa shape index (κ2) is 5.81. The lowest BCUT2D eigenvalue weighted by molar-refractivity contribution is -0.123. The van der Waals surface area contributed by atoms with Crippen molar-refractivity contribution in [2.24, 2.45) is 0 Å². The zero-order valence-electron chi connectivity index (χ0n) is 11.6. The summed E-state index contributed by atoms with van der Waals surface area (Å²) in [6, 6.07) is 2.85. The van der Waals surface area contributed by atoms with Gasteiger partial charge in [-0.05, 0) is 30.9 Å². The third-order valence-corrected chi connectivity index (χ3v) is 3.17. The van der Waals surface area contributed by atoms with Crippen molar-refractivity contribution >= 4 is 11.8 Å². The van der Waals surface area contributed by atoms with Crippen LogP contribution in [-0.2, 0) is 4.79 Å². The maximum Gasteiger partial charge on any atom is 0.272 e. The number of amides is 2. The SMILES string of the molecule is C=C1CCC(NC(=O)c2ccc(C(C)C)nn2)C(=O)N1. The van der Waals surface area contributed by atoms with Crippen LogP contribution in [-0.4, -0.2) is 28.1 Å². The van der Waals surface area contributed by atoms with Gasteiger partial charge in [0, 0.05) is 5.70 Å². The molecule has 20 heavy (non-hydrogen) atoms. The molecule has 106 valence electrons. The number of nitrogens with one attached hydrogen (secondary N) is 2. The number of aromatic nitrogens is 2. The highest BCUT2D eigenvalue weighted by Gasteiger charge is 2.26. The lowest BCUT2D eigenvalue weighted by Gasteiger charge is -2.24. The quantitative estimate of drug-likeness (QED) is 0.865. The molecule has 0 aromatic carbocycles. The molecule has 1 aliphatic rings. The van der Waals surface area contributed by atoms with Crippen LogP contribution >= 0.6 is 0 Å². The van der Waals surface area contributed by atoms with Gasteiger partial charge in [0.25, 0.3) is 5.91 Å². The molecule has 1 saturated heterocycles. The molecular weight excluding hydrogens is 256 g/mol. The van der Waals surface area contributed by atoms with Crippen LogP contribution in [0.15, 0.2) is 24.4 Å². The Kier molecular flexibility index (Phi) is 4.12. The van der Waals surface area contributed by atoms with Gasteiger partial charge in [-0.15, -0.1) is 5.10 Å². The van der Waals surface area contributed by atoms with Crippen molar-refractivity contribution in [2.75, 3.05) is 0 Å². The van der Waals surface area contributed by atoms with Crippen molar-refractivity contribution in [3.8, 4) is 0 Å². The molecule has 1 aliphatic heterocycles. The Morgan fingerprint density at radius 3 is 2.75 bits per heavy atom. The summed E-state index contributed by atoms with van der Waals surface area (Å²) >= 11 is 0. The molecule has 1 fully saturated rings. The van der Waals surface area contributed by atoms with E-state index in [4.69, 9.17) is 0 Å². The fourth-order valence-corrected chi connectivity index (χ4v) is 1.92. The number of piperidine rings is 1. The molecule has 2 N–H and O–H groups in total. The fraction of sp³-hybridized carbons (Fsp3) is 0.429. The van der Waals surface area contributed by atoms with E-state index < -0.39 is 6.04 Å². The predicted molar refractivity (Wildman–Crippen MR) is 73.9 cm³/mol. The van der Waals surface area contributed by atoms with Gasteiger partial charge >= 0.3 is 0 Å². The molecule has 0 aliphatic carbocycles. The fourth-order valence-electron chi connectivity index (χ4n) is 1.92. The topological polar surface area (TPSA) is 84.0 Å². The van der Waals surface area contributed by atoms with Gasteiger partial charge < -0.3 is 10.6 Å². The molecule has 1 unspecified atom stereocenters. The van der Waals surface area contributed by atoms with E-state index >= 15 is 0 Å². The van der Waals surface area contributed by atoms with Crippen LogP contribution in [0, 0.1) is 0 Å². The largest absolute Gasteiger partial charge is 0.339 e. The second-order valence-electron chi connectivity index (χ2n) is 5.16. The molecule has 1 atom stereocenters. The van der Waals surface area contributed by atoms with Crippen molar-refractivity contribution in [3.63, 3.8) is 0 Å². The molecule has 2 amide bonds. The van der Waals surface area contributed by atoms with E-state index in [1.807, 2.05) is 13.8 Å². The first kappa shape index (κ1) is 14.2. The predicted octanol–water partition coefficient (Wildman–Crippen LogP) is 1.12. The minimum atomic E-state index is -0.542. The van der Waals surface area contributed by atoms with E-state index in [9.17, 15) is 9.59 Å². The summed E-state index contributed by atoms with van der Waals surface area (Å²) in [4.78, 5) is 23.7. The Morgan fingerprint density at radius 1 is 1.45 bits per heavy atom. The van der Waals surface area contributed by atoms with Crippen molar-refractivity contribution in [2.45, 2.75) is 38.6 Å². The Morgan fingerprint density at radius 2 is 2.20 bits per heavy atom. The summed E-state index contributed by atoms with van der Waals surface area (Å²) in [5.41, 5.74) is 1.72. The van der Waals surface area contributed by atoms with E-state index in [0.717, 1.165) is 5.69 Å². The maximum absolute atomic E-state index is 12.0. The number of hydrogen-bond acceptors (Lipinski definition) is 4. The zero-order chi connectivity index (χ0) is 14.7. The standard InChI is InChI=1S/C14H18N4O2/c1-8(2)10-6-7-12(18-17-10)14(20)16-11-5-4-9(3)15-13(11)19/h6-8,11H,3-5H2,1-2H3,(H,15,19)(H,16,20). The van der Waals surface area contributed by atoms with E-state index in [1.165, 1.54) is 0 Å². The smallest absolute Gasteiger partial charge is 0.272 e. The van der Waals surface area contributed by atoms with Crippen LogP contribution in [0.3, 0.4) is 0 Å². The van der Waals surface area contributed by atoms with Gasteiger partial charge in [-0.3, -0.25) is 9.59 Å². The molecule has 6 nitrogen and oxygen atoms in total. The number of nitrogens with zero attached hydrogens (tertiary/aromatic N) is 2. The Bertz CT molecular complexity index is 537. The van der Waals surface area contributed by atoms with Gasteiger partial charge in [0.2, 0.25) is 5.91 Å². The monoisotopic (exact) mass is 274 g/mol. The summed E-state index contributed by atoms with van der Waals surface area (Å²) in [7, 11) is 0. The van der Waals surface area contributed by atoms with Gasteiger partial charge in [0.1, 0.15) is 6.04 Å². The summed E-state index contributed by atoms with van der Waals surface area (Å²) in [5.74, 6) is -0.364. The van der Waals surface area contributed by atoms with E-state index in [2.05, 4.69) is 27.4 Å². The molecular formula is C14H18N4O2. The summed E-state index contributed by atoms with van der Waals surface area (Å²) in [6.07, 6.45) is 1.21. The average molecular weight is 274 g/mol. The van der Waals surface area contributed by atoms with Crippen molar-refractivity contribution in [1.82, 2.24) is 20.8 Å². The number of rotatable bonds is 3. The Hall–Kier alpha value is -2.24. The first-order valence-electron chi connectivity index (χ1n) is 6.60. The van der Waals surface area contributed by atoms with Crippen LogP contribution < -0.4 is 10.6 Å². The van der Waals surface area contributed by atoms with Gasteiger partial charge in [-0.25, -0.2) is 0 Å². The highest BCUT2D eigenvalue weighted by atomic mass is 16.2. The molecule has 6 heteroatoms. The number of hydrogen-bond donors (Lipinski definition) is 2. The summed E-state index contributed by atoms with van der Waals surface area (Å²) in [5, 5.41) is 13.2. The molecule has 0 saturated carbocycles. The highest BCUT2D eigenvalue weighted by Crippen LogP contribution is 2.12. The Balaban J connectivity index is 2.01. The molecule has 0 radical (unpaired) electrons. The first-order valence-corrected chi connectivity index (χ1v) is 6.60. The van der Waals surface area contributed by atoms with Crippen LogP contribution in [0.4, 0.5) is 0 Å². The molecule has 0 bridgehead atoms. The van der Waals surface area contributed by atoms with E-state index in [-0.39, 0.29) is 23.4 Å². The molecule has 0 spiro atoms. The minimum Gasteiger partial charge on any atom is -0.339 e. The van der Waals surface area contributed by atoms with Crippen LogP contribution in [0.1, 0.15) is 48.8 Å². The normalized spacial score (nSPS) is 18.9. The maximum atomic E-state index is 12.0. The van der Waals surface area contributed by atoms with Crippen molar-refractivity contribution < 1.29 is 9.59 Å². The van der Waals surface area contributed by atoms with Gasteiger partial charge in [-0.1, -0.05) is 20.4 Å². The molecule has 1 aromatic heterocycles. The molecule has 2 heterocycles. The van der Waals surface area contributed by atoms with Crippen LogP contribution in [0.25, 0.3) is 0 Å². The first-order chi connectivity index (χ1) is 9.47. The molecule has 2 rings (SSSR count). The minimum absolute atomic E-state index is 0.214. The van der Waals surface area contributed by atoms with Crippen molar-refractivity contribution in [1.29, 1.82) is 0 Å². The van der Waals surface area contributed by atoms with Crippen LogP contribution in [0.5, 0.6) is 0 Å². The highest BCUT2D eigenvalue weighted by molar-refractivity contribution is 5.96. The van der Waals surface area contributed by atoms with Crippen molar-refractivity contribution in [3.05, 3.63) is 35.8 Å². The third-order valence-electron chi connectivity index (χ3n) is 3.17. The van der Waals surface area contributed by atoms with Gasteiger partial charge in [0.15, 0.2) is 5.69 Å². The van der Waals surface area contributed by atoms with E-state index in [0.29, 0.717) is 18.5 Å². The summed E-state index contributed by atoms with van der Waals surface area (Å²) < 4.78 is 0. The Labute approximate surface area is 117 Å². The molecule has 1 aromatic rings.